The minimum atomic E-state index is -0.938. The van der Waals surface area contributed by atoms with Gasteiger partial charge in [-0.3, -0.25) is 0 Å². The Labute approximate surface area is 75.4 Å². The number of ether oxygens (including phenoxy) is 1. The maximum absolute atomic E-state index is 12.5. The van der Waals surface area contributed by atoms with Gasteiger partial charge in [0.25, 0.3) is 0 Å². The average molecular weight is 185 g/mol. The van der Waals surface area contributed by atoms with Crippen molar-refractivity contribution in [1.29, 1.82) is 0 Å². The zero-order valence-corrected chi connectivity index (χ0v) is 6.90. The molecule has 0 amide bonds. The molecule has 13 heavy (non-hydrogen) atoms. The van der Waals surface area contributed by atoms with E-state index in [1.54, 1.807) is 0 Å². The summed E-state index contributed by atoms with van der Waals surface area (Å²) in [6.07, 6.45) is -0.938. The Hall–Kier alpha value is -1.13. The van der Waals surface area contributed by atoms with Crippen LogP contribution in [0.25, 0.3) is 0 Å². The van der Waals surface area contributed by atoms with Crippen molar-refractivity contribution in [2.75, 3.05) is 13.2 Å². The van der Waals surface area contributed by atoms with Crippen molar-refractivity contribution in [3.63, 3.8) is 0 Å². The van der Waals surface area contributed by atoms with Gasteiger partial charge in [-0.25, -0.2) is 4.39 Å². The van der Waals surface area contributed by atoms with Crippen molar-refractivity contribution in [3.8, 4) is 5.75 Å². The molecule has 0 aromatic heterocycles. The Bertz CT molecular complexity index is 265. The van der Waals surface area contributed by atoms with Gasteiger partial charge in [0.1, 0.15) is 24.3 Å². The van der Waals surface area contributed by atoms with Crippen LogP contribution in [-0.4, -0.2) is 29.5 Å². The van der Waals surface area contributed by atoms with E-state index in [9.17, 15) is 4.39 Å². The lowest BCUT2D eigenvalue weighted by atomic mass is 10.3. The van der Waals surface area contributed by atoms with Crippen LogP contribution in [0.5, 0.6) is 5.75 Å². The number of aliphatic hydroxyl groups excluding tert-OH is 2. The predicted molar refractivity (Wildman–Crippen MR) is 43.8 cm³/mol. The molecule has 0 saturated carbocycles. The lowest BCUT2D eigenvalue weighted by Gasteiger charge is -2.09. The van der Waals surface area contributed by atoms with Crippen LogP contribution in [-0.2, 0) is 0 Å². The van der Waals surface area contributed by atoms with Crippen molar-refractivity contribution in [2.45, 2.75) is 6.10 Å². The molecule has 0 aliphatic rings. The van der Waals surface area contributed by atoms with Gasteiger partial charge >= 0.3 is 0 Å². The summed E-state index contributed by atoms with van der Waals surface area (Å²) in [5, 5.41) is 17.4. The largest absolute Gasteiger partial charge is 0.491 e. The standard InChI is InChI=1S/C9H10FO3/c10-7-2-1-3-9(4-7)13-6-8(12)5-11/h1,3-4,8,11-12H,5-6H2. The highest BCUT2D eigenvalue weighted by molar-refractivity contribution is 5.21. The molecule has 1 aromatic rings. The average Bonchev–Trinajstić information content (AvgIpc) is 2.14. The quantitative estimate of drug-likeness (QED) is 0.712. The molecule has 1 aromatic carbocycles. The highest BCUT2D eigenvalue weighted by Gasteiger charge is 2.03. The summed E-state index contributed by atoms with van der Waals surface area (Å²) in [6.45, 7) is -0.429. The highest BCUT2D eigenvalue weighted by atomic mass is 19.1. The Kier molecular flexibility index (Phi) is 3.67. The molecule has 71 valence electrons. The minimum Gasteiger partial charge on any atom is -0.491 e. The van der Waals surface area contributed by atoms with Crippen molar-refractivity contribution >= 4 is 0 Å². The lowest BCUT2D eigenvalue weighted by molar-refractivity contribution is 0.0535. The van der Waals surface area contributed by atoms with E-state index in [0.29, 0.717) is 5.75 Å². The fourth-order valence-electron chi connectivity index (χ4n) is 0.753. The summed E-state index contributed by atoms with van der Waals surface area (Å²) in [4.78, 5) is 0. The third-order valence-corrected chi connectivity index (χ3v) is 1.39. The first-order chi connectivity index (χ1) is 6.22. The first-order valence-corrected chi connectivity index (χ1v) is 3.81. The van der Waals surface area contributed by atoms with Gasteiger partial charge in [0.15, 0.2) is 0 Å². The number of halogens is 1. The third kappa shape index (κ3) is 3.40. The minimum absolute atomic E-state index is 0.0556. The molecule has 1 radical (unpaired) electrons. The third-order valence-electron chi connectivity index (χ3n) is 1.39. The maximum atomic E-state index is 12.5. The highest BCUT2D eigenvalue weighted by Crippen LogP contribution is 2.11. The molecule has 4 heteroatoms. The van der Waals surface area contributed by atoms with Crippen LogP contribution in [0.2, 0.25) is 0 Å². The van der Waals surface area contributed by atoms with Gasteiger partial charge in [0.2, 0.25) is 0 Å². The number of aliphatic hydroxyl groups is 2. The van der Waals surface area contributed by atoms with Crippen LogP contribution < -0.4 is 4.74 Å². The van der Waals surface area contributed by atoms with Crippen molar-refractivity contribution in [1.82, 2.24) is 0 Å². The first kappa shape index (κ1) is 9.95. The number of benzene rings is 1. The molecule has 0 spiro atoms. The van der Waals surface area contributed by atoms with Crippen LogP contribution in [0.1, 0.15) is 0 Å². The second-order valence-electron chi connectivity index (χ2n) is 2.52. The van der Waals surface area contributed by atoms with E-state index in [2.05, 4.69) is 6.07 Å². The Morgan fingerprint density at radius 1 is 1.62 bits per heavy atom. The normalized spacial score (nSPS) is 12.5. The molecule has 0 bridgehead atoms. The summed E-state index contributed by atoms with van der Waals surface area (Å²) in [5.41, 5.74) is 0. The molecule has 0 saturated heterocycles. The van der Waals surface area contributed by atoms with Crippen molar-refractivity contribution < 1.29 is 19.3 Å². The van der Waals surface area contributed by atoms with Crippen molar-refractivity contribution in [3.05, 3.63) is 30.1 Å². The number of hydrogen-bond acceptors (Lipinski definition) is 3. The lowest BCUT2D eigenvalue weighted by Crippen LogP contribution is -2.21. The Balaban J connectivity index is 2.45. The van der Waals surface area contributed by atoms with Gasteiger partial charge in [-0.1, -0.05) is 0 Å². The van der Waals surface area contributed by atoms with E-state index in [-0.39, 0.29) is 13.2 Å². The zero-order valence-electron chi connectivity index (χ0n) is 6.90. The van der Waals surface area contributed by atoms with E-state index < -0.39 is 11.9 Å². The van der Waals surface area contributed by atoms with Crippen LogP contribution in [0.3, 0.4) is 0 Å². The van der Waals surface area contributed by atoms with Gasteiger partial charge < -0.3 is 14.9 Å². The molecule has 0 heterocycles. The van der Waals surface area contributed by atoms with Crippen LogP contribution >= 0.6 is 0 Å². The Morgan fingerprint density at radius 2 is 2.38 bits per heavy atom. The van der Waals surface area contributed by atoms with Gasteiger partial charge in [0, 0.05) is 12.1 Å². The summed E-state index contributed by atoms with van der Waals surface area (Å²) < 4.78 is 17.5. The fraction of sp³-hybridized carbons (Fsp3) is 0.333. The Morgan fingerprint density at radius 3 is 3.00 bits per heavy atom. The SMILES string of the molecule is OCC(O)COc1cc[c]c(F)c1. The summed E-state index contributed by atoms with van der Waals surface area (Å²) in [5.74, 6) is -0.209. The molecule has 1 rings (SSSR count). The van der Waals surface area contributed by atoms with E-state index in [1.807, 2.05) is 0 Å². The van der Waals surface area contributed by atoms with Gasteiger partial charge in [0.05, 0.1) is 6.61 Å². The van der Waals surface area contributed by atoms with E-state index in [4.69, 9.17) is 14.9 Å². The van der Waals surface area contributed by atoms with Gasteiger partial charge in [-0.15, -0.1) is 0 Å². The molecule has 0 fully saturated rings. The van der Waals surface area contributed by atoms with E-state index >= 15 is 0 Å². The van der Waals surface area contributed by atoms with Crippen LogP contribution in [0.4, 0.5) is 4.39 Å². The molecule has 1 atom stereocenters. The molecule has 0 aliphatic heterocycles. The summed E-state index contributed by atoms with van der Waals surface area (Å²) in [7, 11) is 0. The summed E-state index contributed by atoms with van der Waals surface area (Å²) >= 11 is 0. The van der Waals surface area contributed by atoms with Crippen LogP contribution in [0.15, 0.2) is 18.2 Å². The molecule has 2 N–H and O–H groups in total. The molecule has 1 unspecified atom stereocenters. The van der Waals surface area contributed by atoms with E-state index in [1.165, 1.54) is 12.1 Å². The topological polar surface area (TPSA) is 49.7 Å². The fourth-order valence-corrected chi connectivity index (χ4v) is 0.753. The van der Waals surface area contributed by atoms with Gasteiger partial charge in [-0.2, -0.15) is 0 Å². The van der Waals surface area contributed by atoms with E-state index in [0.717, 1.165) is 6.07 Å². The number of hydrogen-bond donors (Lipinski definition) is 2. The van der Waals surface area contributed by atoms with Crippen LogP contribution in [0, 0.1) is 11.9 Å². The molecule has 3 nitrogen and oxygen atoms in total. The molecule has 0 aliphatic carbocycles. The van der Waals surface area contributed by atoms with Gasteiger partial charge in [-0.05, 0) is 12.1 Å². The maximum Gasteiger partial charge on any atom is 0.134 e. The number of rotatable bonds is 4. The first-order valence-electron chi connectivity index (χ1n) is 3.81. The monoisotopic (exact) mass is 185 g/mol. The smallest absolute Gasteiger partial charge is 0.134 e. The zero-order chi connectivity index (χ0) is 9.68. The summed E-state index contributed by atoms with van der Waals surface area (Å²) in [6, 6.07) is 6.38. The predicted octanol–water partition coefficient (Wildman–Crippen LogP) is 0.358. The molecular formula is C9H10FO3. The second-order valence-corrected chi connectivity index (χ2v) is 2.52. The molecular weight excluding hydrogens is 175 g/mol. The van der Waals surface area contributed by atoms with Crippen molar-refractivity contribution in [2.24, 2.45) is 0 Å². The second kappa shape index (κ2) is 4.79.